The number of primary sulfonamides is 1. The number of rotatable bonds is 6. The second kappa shape index (κ2) is 9.37. The van der Waals surface area contributed by atoms with E-state index in [1.54, 1.807) is 24.3 Å². The second-order valence-corrected chi connectivity index (χ2v) is 10.4. The number of anilines is 1. The van der Waals surface area contributed by atoms with Crippen molar-refractivity contribution < 1.29 is 21.6 Å². The average molecular weight is 471 g/mol. The van der Waals surface area contributed by atoms with Crippen LogP contribution in [0, 0.1) is 0 Å². The smallest absolute Gasteiger partial charge is 0.243 e. The van der Waals surface area contributed by atoms with Gasteiger partial charge in [-0.25, -0.2) is 22.0 Å². The number of benzene rings is 2. The summed E-state index contributed by atoms with van der Waals surface area (Å²) < 4.78 is 54.4. The van der Waals surface area contributed by atoms with Gasteiger partial charge in [-0.1, -0.05) is 12.1 Å². The molecule has 0 atom stereocenters. The average Bonchev–Trinajstić information content (AvgIpc) is 2.73. The van der Waals surface area contributed by atoms with Crippen LogP contribution in [0.4, 0.5) is 5.69 Å². The Balaban J connectivity index is 1.55. The molecule has 9 nitrogen and oxygen atoms in total. The molecule has 0 bridgehead atoms. The molecule has 0 unspecified atom stereocenters. The topological polar surface area (TPSA) is 131 Å². The Labute approximate surface area is 181 Å². The lowest BCUT2D eigenvalue weighted by Gasteiger charge is -2.26. The molecule has 1 saturated heterocycles. The van der Waals surface area contributed by atoms with Crippen LogP contribution in [0.3, 0.4) is 0 Å². The second-order valence-electron chi connectivity index (χ2n) is 6.54. The van der Waals surface area contributed by atoms with Crippen molar-refractivity contribution in [3.63, 3.8) is 0 Å². The van der Waals surface area contributed by atoms with E-state index in [1.165, 1.54) is 28.6 Å². The molecule has 2 aromatic carbocycles. The zero-order valence-electron chi connectivity index (χ0n) is 15.9. The van der Waals surface area contributed by atoms with E-state index >= 15 is 0 Å². The number of morpholine rings is 1. The first-order valence-corrected chi connectivity index (χ1v) is 12.4. The zero-order chi connectivity index (χ0) is 21.8. The molecule has 0 spiro atoms. The monoisotopic (exact) mass is 470 g/mol. The summed E-state index contributed by atoms with van der Waals surface area (Å²) in [7, 11) is -7.27. The van der Waals surface area contributed by atoms with Gasteiger partial charge in [0.05, 0.1) is 23.0 Å². The molecule has 0 aromatic heterocycles. The molecule has 1 heterocycles. The molecule has 30 heavy (non-hydrogen) atoms. The van der Waals surface area contributed by atoms with E-state index in [2.05, 4.69) is 10.6 Å². The molecule has 1 aliphatic heterocycles. The van der Waals surface area contributed by atoms with Gasteiger partial charge in [0.25, 0.3) is 0 Å². The van der Waals surface area contributed by atoms with Crippen LogP contribution in [0.2, 0.25) is 0 Å². The van der Waals surface area contributed by atoms with Crippen molar-refractivity contribution in [2.45, 2.75) is 16.3 Å². The molecular formula is C18H22N4O5S3. The van der Waals surface area contributed by atoms with Crippen LogP contribution in [0.1, 0.15) is 5.56 Å². The lowest BCUT2D eigenvalue weighted by atomic mass is 10.2. The molecule has 1 fully saturated rings. The number of ether oxygens (including phenoxy) is 1. The molecule has 162 valence electrons. The Morgan fingerprint density at radius 2 is 1.53 bits per heavy atom. The van der Waals surface area contributed by atoms with E-state index < -0.39 is 20.0 Å². The molecule has 0 radical (unpaired) electrons. The van der Waals surface area contributed by atoms with E-state index in [0.29, 0.717) is 43.6 Å². The summed E-state index contributed by atoms with van der Waals surface area (Å²) in [5.74, 6) is 0. The summed E-state index contributed by atoms with van der Waals surface area (Å²) in [4.78, 5) is 0.253. The summed E-state index contributed by atoms with van der Waals surface area (Å²) in [5, 5.41) is 11.4. The quantitative estimate of drug-likeness (QED) is 0.530. The normalized spacial score (nSPS) is 15.5. The van der Waals surface area contributed by atoms with Gasteiger partial charge in [0, 0.05) is 25.3 Å². The molecule has 0 saturated carbocycles. The van der Waals surface area contributed by atoms with Crippen LogP contribution in [-0.4, -0.2) is 52.6 Å². The third kappa shape index (κ3) is 5.74. The van der Waals surface area contributed by atoms with Crippen LogP contribution < -0.4 is 15.8 Å². The lowest BCUT2D eigenvalue weighted by Crippen LogP contribution is -2.40. The molecule has 0 aliphatic carbocycles. The highest BCUT2D eigenvalue weighted by molar-refractivity contribution is 7.89. The van der Waals surface area contributed by atoms with E-state index in [9.17, 15) is 16.8 Å². The maximum absolute atomic E-state index is 12.6. The van der Waals surface area contributed by atoms with Crippen LogP contribution in [-0.2, 0) is 31.3 Å². The van der Waals surface area contributed by atoms with Crippen molar-refractivity contribution in [1.82, 2.24) is 9.62 Å². The molecule has 12 heteroatoms. The molecule has 1 aliphatic rings. The Morgan fingerprint density at radius 3 is 2.10 bits per heavy atom. The fourth-order valence-corrected chi connectivity index (χ4v) is 4.91. The van der Waals surface area contributed by atoms with Gasteiger partial charge >= 0.3 is 0 Å². The Bertz CT molecular complexity index is 1100. The number of hydrogen-bond donors (Lipinski definition) is 3. The van der Waals surface area contributed by atoms with E-state index in [4.69, 9.17) is 22.1 Å². The summed E-state index contributed by atoms with van der Waals surface area (Å²) in [6, 6.07) is 12.5. The molecular weight excluding hydrogens is 448 g/mol. The number of nitrogens with one attached hydrogen (secondary N) is 2. The van der Waals surface area contributed by atoms with Crippen molar-refractivity contribution in [2.24, 2.45) is 5.14 Å². The number of nitrogens with two attached hydrogens (primary N) is 1. The highest BCUT2D eigenvalue weighted by Gasteiger charge is 2.26. The SMILES string of the molecule is NS(=O)(=O)c1ccc(CNC(=S)Nc2ccc(S(=O)(=O)N3CCOCC3)cc2)cc1. The highest BCUT2D eigenvalue weighted by atomic mass is 32.2. The van der Waals surface area contributed by atoms with Gasteiger partial charge in [-0.15, -0.1) is 0 Å². The van der Waals surface area contributed by atoms with Gasteiger partial charge in [0.2, 0.25) is 20.0 Å². The van der Waals surface area contributed by atoms with Gasteiger partial charge in [-0.2, -0.15) is 4.31 Å². The number of nitrogens with zero attached hydrogens (tertiary/aromatic N) is 1. The van der Waals surface area contributed by atoms with Gasteiger partial charge < -0.3 is 15.4 Å². The highest BCUT2D eigenvalue weighted by Crippen LogP contribution is 2.19. The minimum atomic E-state index is -3.72. The lowest BCUT2D eigenvalue weighted by molar-refractivity contribution is 0.0730. The van der Waals surface area contributed by atoms with Crippen molar-refractivity contribution >= 4 is 43.1 Å². The molecule has 3 rings (SSSR count). The van der Waals surface area contributed by atoms with E-state index in [0.717, 1.165) is 5.56 Å². The van der Waals surface area contributed by atoms with Gasteiger partial charge in [-0.3, -0.25) is 0 Å². The first kappa shape index (κ1) is 22.6. The third-order valence-electron chi connectivity index (χ3n) is 4.42. The first-order chi connectivity index (χ1) is 14.2. The van der Waals surface area contributed by atoms with Crippen LogP contribution in [0.5, 0.6) is 0 Å². The minimum absolute atomic E-state index is 0.0408. The summed E-state index contributed by atoms with van der Waals surface area (Å²) >= 11 is 5.25. The van der Waals surface area contributed by atoms with E-state index in [-0.39, 0.29) is 9.79 Å². The van der Waals surface area contributed by atoms with Crippen molar-refractivity contribution in [2.75, 3.05) is 31.6 Å². The molecule has 4 N–H and O–H groups in total. The summed E-state index contributed by atoms with van der Waals surface area (Å²) in [5.41, 5.74) is 1.46. The zero-order valence-corrected chi connectivity index (χ0v) is 18.4. The largest absolute Gasteiger partial charge is 0.379 e. The fourth-order valence-electron chi connectivity index (χ4n) is 2.80. The standard InChI is InChI=1S/C18H22N4O5S3/c19-29(23,24)16-5-1-14(2-6-16)13-20-18(28)21-15-3-7-17(8-4-15)30(25,26)22-9-11-27-12-10-22/h1-8H,9-13H2,(H2,19,23,24)(H2,20,21,28). The van der Waals surface area contributed by atoms with Gasteiger partial charge in [0.1, 0.15) is 0 Å². The predicted octanol–water partition coefficient (Wildman–Crippen LogP) is 0.842. The fraction of sp³-hybridized carbons (Fsp3) is 0.278. The van der Waals surface area contributed by atoms with Crippen LogP contribution >= 0.6 is 12.2 Å². The molecule has 2 aromatic rings. The Hall–Kier alpha value is -2.09. The number of thiocarbonyl (C=S) groups is 1. The van der Waals surface area contributed by atoms with Crippen LogP contribution in [0.25, 0.3) is 0 Å². The minimum Gasteiger partial charge on any atom is -0.379 e. The van der Waals surface area contributed by atoms with Crippen molar-refractivity contribution in [1.29, 1.82) is 0 Å². The Kier molecular flexibility index (Phi) is 7.06. The van der Waals surface area contributed by atoms with Crippen LogP contribution in [0.15, 0.2) is 58.3 Å². The maximum atomic E-state index is 12.6. The maximum Gasteiger partial charge on any atom is 0.243 e. The summed E-state index contributed by atoms with van der Waals surface area (Å²) in [6.07, 6.45) is 0. The predicted molar refractivity (Wildman–Crippen MR) is 117 cm³/mol. The van der Waals surface area contributed by atoms with Gasteiger partial charge in [0.15, 0.2) is 5.11 Å². The third-order valence-corrected chi connectivity index (χ3v) is 7.51. The van der Waals surface area contributed by atoms with Crippen molar-refractivity contribution in [3.05, 3.63) is 54.1 Å². The first-order valence-electron chi connectivity index (χ1n) is 9.01. The number of sulfonamides is 2. The van der Waals surface area contributed by atoms with E-state index in [1.807, 2.05) is 0 Å². The number of hydrogen-bond acceptors (Lipinski definition) is 6. The van der Waals surface area contributed by atoms with Crippen molar-refractivity contribution in [3.8, 4) is 0 Å². The summed E-state index contributed by atoms with van der Waals surface area (Å²) in [6.45, 7) is 1.84. The Morgan fingerprint density at radius 1 is 0.967 bits per heavy atom. The molecule has 0 amide bonds. The van der Waals surface area contributed by atoms with Gasteiger partial charge in [-0.05, 0) is 54.2 Å².